The van der Waals surface area contributed by atoms with Crippen LogP contribution < -0.4 is 0 Å². The largest absolute Gasteiger partial charge is 0.399 e. The lowest BCUT2D eigenvalue weighted by Crippen LogP contribution is -2.10. The Morgan fingerprint density at radius 2 is 2.14 bits per heavy atom. The van der Waals surface area contributed by atoms with Gasteiger partial charge in [-0.15, -0.1) is 0 Å². The summed E-state index contributed by atoms with van der Waals surface area (Å²) in [5, 5.41) is 8.70. The summed E-state index contributed by atoms with van der Waals surface area (Å²) >= 11 is 3.35. The molecule has 2 rings (SSSR count). The molecule has 0 spiro atoms. The normalized spacial score (nSPS) is 14.7. The van der Waals surface area contributed by atoms with Gasteiger partial charge in [0.25, 0.3) is 0 Å². The van der Waals surface area contributed by atoms with E-state index in [1.54, 1.807) is 12.1 Å². The van der Waals surface area contributed by atoms with Gasteiger partial charge in [0.15, 0.2) is 10.8 Å². The number of fused-ring (bicyclic) bond motifs is 1. The Morgan fingerprint density at radius 3 is 2.86 bits per heavy atom. The average Bonchev–Trinajstić information content (AvgIpc) is 2.20. The van der Waals surface area contributed by atoms with Crippen LogP contribution in [0.3, 0.4) is 0 Å². The lowest BCUT2D eigenvalue weighted by molar-refractivity contribution is 0.0972. The van der Waals surface area contributed by atoms with E-state index in [-0.39, 0.29) is 5.78 Å². The van der Waals surface area contributed by atoms with Crippen molar-refractivity contribution in [3.05, 3.63) is 32.7 Å². The van der Waals surface area contributed by atoms with Crippen molar-refractivity contribution in [2.75, 3.05) is 0 Å². The van der Waals surface area contributed by atoms with Gasteiger partial charge < -0.3 is 0 Å². The summed E-state index contributed by atoms with van der Waals surface area (Å²) in [5.74, 6) is 0.177. The van der Waals surface area contributed by atoms with E-state index in [9.17, 15) is 4.79 Å². The van der Waals surface area contributed by atoms with Gasteiger partial charge in [-0.1, -0.05) is 0 Å². The number of hydrogen-bond donors (Lipinski definition) is 0. The Balaban J connectivity index is 2.64. The molecule has 0 saturated heterocycles. The molecule has 1 aliphatic rings. The number of benzene rings is 1. The molecule has 0 radical (unpaired) electrons. The van der Waals surface area contributed by atoms with Gasteiger partial charge in [-0.25, -0.2) is 0 Å². The summed E-state index contributed by atoms with van der Waals surface area (Å²) in [4.78, 5) is 14.7. The van der Waals surface area contributed by atoms with Gasteiger partial charge in [0, 0.05) is 18.1 Å². The fraction of sp³-hybridized carbons (Fsp3) is 0.300. The van der Waals surface area contributed by atoms with Crippen LogP contribution >= 0.6 is 15.9 Å². The Kier molecular flexibility index (Phi) is 2.34. The third-order valence-electron chi connectivity index (χ3n) is 2.46. The summed E-state index contributed by atoms with van der Waals surface area (Å²) in [6.45, 7) is 0. The van der Waals surface area contributed by atoms with Crippen LogP contribution in [0.1, 0.15) is 28.8 Å². The monoisotopic (exact) mass is 251 g/mol. The van der Waals surface area contributed by atoms with Crippen molar-refractivity contribution in [1.29, 1.82) is 5.39 Å². The predicted octanol–water partition coefficient (Wildman–Crippen LogP) is 3.45. The number of Topliss-reactive ketones (excluding diaryl/α,β-unsaturated/α-hetero) is 1. The van der Waals surface area contributed by atoms with E-state index in [0.717, 1.165) is 28.4 Å². The van der Waals surface area contributed by atoms with Crippen LogP contribution in [0.25, 0.3) is 4.98 Å². The number of carbonyl (C=O) groups excluding carboxylic acids is 1. The van der Waals surface area contributed by atoms with Crippen molar-refractivity contribution < 1.29 is 4.79 Å². The van der Waals surface area contributed by atoms with Crippen LogP contribution in [0, 0.1) is 5.39 Å². The highest BCUT2D eigenvalue weighted by Gasteiger charge is 2.24. The second-order valence-corrected chi connectivity index (χ2v) is 4.09. The molecule has 3 nitrogen and oxygen atoms in total. The summed E-state index contributed by atoms with van der Waals surface area (Å²) in [6.07, 6.45) is 2.36. The molecule has 0 heterocycles. The summed E-state index contributed by atoms with van der Waals surface area (Å²) in [7, 11) is 0. The quantitative estimate of drug-likeness (QED) is 0.664. The van der Waals surface area contributed by atoms with E-state index < -0.39 is 0 Å². The molecule has 0 N–H and O–H groups in total. The summed E-state index contributed by atoms with van der Waals surface area (Å²) in [6, 6.07) is 3.38. The maximum atomic E-state index is 11.5. The zero-order valence-corrected chi connectivity index (χ0v) is 9.04. The third kappa shape index (κ3) is 1.34. The van der Waals surface area contributed by atoms with Crippen LogP contribution in [0.5, 0.6) is 0 Å². The fourth-order valence-corrected chi connectivity index (χ4v) is 2.38. The lowest BCUT2D eigenvalue weighted by Gasteiger charge is -2.14. The number of nitrogens with zero attached hydrogens (tertiary/aromatic N) is 2. The van der Waals surface area contributed by atoms with Crippen molar-refractivity contribution >= 4 is 27.4 Å². The minimum Gasteiger partial charge on any atom is -0.294 e. The lowest BCUT2D eigenvalue weighted by atomic mass is 9.90. The molecule has 14 heavy (non-hydrogen) atoms. The van der Waals surface area contributed by atoms with Crippen molar-refractivity contribution in [3.63, 3.8) is 0 Å². The first-order valence-corrected chi connectivity index (χ1v) is 5.23. The van der Waals surface area contributed by atoms with E-state index >= 15 is 0 Å². The first-order valence-electron chi connectivity index (χ1n) is 4.43. The smallest absolute Gasteiger partial charge is 0.294 e. The van der Waals surface area contributed by atoms with E-state index in [1.807, 2.05) is 0 Å². The maximum absolute atomic E-state index is 11.5. The molecule has 0 bridgehead atoms. The van der Waals surface area contributed by atoms with Gasteiger partial charge in [0.05, 0.1) is 0 Å². The molecule has 0 aromatic heterocycles. The molecule has 0 atom stereocenters. The van der Waals surface area contributed by atoms with Gasteiger partial charge in [-0.2, -0.15) is 0 Å². The highest BCUT2D eigenvalue weighted by molar-refractivity contribution is 9.10. The van der Waals surface area contributed by atoms with Gasteiger partial charge in [0.2, 0.25) is 5.39 Å². The summed E-state index contributed by atoms with van der Waals surface area (Å²) in [5.41, 5.74) is 2.21. The standard InChI is InChI=1S/C10H8BrN2O/c11-10-7-2-1-3-9(14)6(7)4-5-8(10)13-12/h4-5H,1-3H2/q+1. The van der Waals surface area contributed by atoms with Gasteiger partial charge in [-0.3, -0.25) is 4.79 Å². The Hall–Kier alpha value is -1.21. The Bertz CT molecular complexity index is 448. The Labute approximate surface area is 89.9 Å². The minimum atomic E-state index is 0.177. The maximum Gasteiger partial charge on any atom is 0.399 e. The van der Waals surface area contributed by atoms with Crippen LogP contribution in [-0.2, 0) is 6.42 Å². The number of carbonyl (C=O) groups is 1. The molecule has 4 heteroatoms. The fourth-order valence-electron chi connectivity index (χ4n) is 1.75. The van der Waals surface area contributed by atoms with Crippen molar-refractivity contribution in [2.24, 2.45) is 0 Å². The third-order valence-corrected chi connectivity index (χ3v) is 3.35. The van der Waals surface area contributed by atoms with Gasteiger partial charge in [0.1, 0.15) is 4.47 Å². The molecular weight excluding hydrogens is 244 g/mol. The average molecular weight is 252 g/mol. The topological polar surface area (TPSA) is 45.2 Å². The summed E-state index contributed by atoms with van der Waals surface area (Å²) < 4.78 is 0.741. The predicted molar refractivity (Wildman–Crippen MR) is 56.2 cm³/mol. The highest BCUT2D eigenvalue weighted by Crippen LogP contribution is 2.35. The molecule has 1 aromatic carbocycles. The molecule has 0 amide bonds. The van der Waals surface area contributed by atoms with Crippen molar-refractivity contribution in [3.8, 4) is 0 Å². The van der Waals surface area contributed by atoms with Crippen LogP contribution in [-0.4, -0.2) is 5.78 Å². The zero-order chi connectivity index (χ0) is 10.1. The van der Waals surface area contributed by atoms with Crippen molar-refractivity contribution in [2.45, 2.75) is 19.3 Å². The van der Waals surface area contributed by atoms with E-state index in [1.165, 1.54) is 0 Å². The number of rotatable bonds is 0. The molecule has 0 unspecified atom stereocenters. The SMILES string of the molecule is N#[N+]c1ccc2c(c1Br)CCCC2=O. The molecule has 0 saturated carbocycles. The van der Waals surface area contributed by atoms with Gasteiger partial charge in [-0.05, 0) is 40.4 Å². The second-order valence-electron chi connectivity index (χ2n) is 3.30. The van der Waals surface area contributed by atoms with Crippen LogP contribution in [0.2, 0.25) is 0 Å². The molecule has 70 valence electrons. The molecule has 0 aliphatic heterocycles. The van der Waals surface area contributed by atoms with E-state index in [0.29, 0.717) is 12.1 Å². The van der Waals surface area contributed by atoms with E-state index in [4.69, 9.17) is 5.39 Å². The minimum absolute atomic E-state index is 0.177. The van der Waals surface area contributed by atoms with Gasteiger partial charge >= 0.3 is 5.69 Å². The number of diazo groups is 1. The number of ketones is 1. The first kappa shape index (κ1) is 9.35. The van der Waals surface area contributed by atoms with E-state index in [2.05, 4.69) is 20.9 Å². The number of hydrogen-bond acceptors (Lipinski definition) is 2. The Morgan fingerprint density at radius 1 is 1.36 bits per heavy atom. The molecule has 0 fully saturated rings. The molecule has 1 aliphatic carbocycles. The number of halogens is 1. The zero-order valence-electron chi connectivity index (χ0n) is 7.46. The molecular formula is C10H8BrN2O+. The second kappa shape index (κ2) is 3.50. The first-order chi connectivity index (χ1) is 6.74. The van der Waals surface area contributed by atoms with Crippen LogP contribution in [0.15, 0.2) is 16.6 Å². The molecule has 1 aromatic rings. The van der Waals surface area contributed by atoms with Crippen molar-refractivity contribution in [1.82, 2.24) is 0 Å². The van der Waals surface area contributed by atoms with Crippen LogP contribution in [0.4, 0.5) is 5.69 Å². The highest BCUT2D eigenvalue weighted by atomic mass is 79.9.